The zero-order valence-corrected chi connectivity index (χ0v) is 12.3. The predicted octanol–water partition coefficient (Wildman–Crippen LogP) is 3.26. The third-order valence-corrected chi connectivity index (χ3v) is 2.80. The zero-order chi connectivity index (χ0) is 13.7. The second kappa shape index (κ2) is 7.72. The number of carbonyl (C=O) groups is 1. The highest BCUT2D eigenvalue weighted by Crippen LogP contribution is 2.22. The molecule has 0 aliphatic carbocycles. The maximum atomic E-state index is 11.3. The number of halogens is 1. The Morgan fingerprint density at radius 3 is 2.50 bits per heavy atom. The van der Waals surface area contributed by atoms with Crippen LogP contribution < -0.4 is 5.32 Å². The Labute approximate surface area is 124 Å². The minimum atomic E-state index is -0.334. The van der Waals surface area contributed by atoms with Gasteiger partial charge in [0.25, 0.3) is 0 Å². The lowest BCUT2D eigenvalue weighted by Gasteiger charge is -2.01. The molecule has 20 heavy (non-hydrogen) atoms. The first-order valence-electron chi connectivity index (χ1n) is 6.22. The van der Waals surface area contributed by atoms with Gasteiger partial charge in [-0.15, -0.1) is 12.4 Å². The van der Waals surface area contributed by atoms with Crippen LogP contribution >= 0.6 is 12.4 Å². The summed E-state index contributed by atoms with van der Waals surface area (Å²) in [6.45, 7) is 3.68. The number of hydrogen-bond donors (Lipinski definition) is 1. The molecule has 4 nitrogen and oxygen atoms in total. The minimum Gasteiger partial charge on any atom is -0.465 e. The van der Waals surface area contributed by atoms with Gasteiger partial charge in [-0.1, -0.05) is 19.1 Å². The Morgan fingerprint density at radius 2 is 1.90 bits per heavy atom. The van der Waals surface area contributed by atoms with Gasteiger partial charge in [0.05, 0.1) is 19.2 Å². The third kappa shape index (κ3) is 3.85. The molecule has 0 spiro atoms. The smallest absolute Gasteiger partial charge is 0.337 e. The van der Waals surface area contributed by atoms with Crippen LogP contribution in [0.25, 0.3) is 11.3 Å². The number of furan rings is 1. The van der Waals surface area contributed by atoms with Gasteiger partial charge >= 0.3 is 5.97 Å². The number of nitrogens with one attached hydrogen (secondary N) is 1. The third-order valence-electron chi connectivity index (χ3n) is 2.80. The topological polar surface area (TPSA) is 51.5 Å². The monoisotopic (exact) mass is 295 g/mol. The molecule has 0 fully saturated rings. The van der Waals surface area contributed by atoms with Crippen LogP contribution in [0.2, 0.25) is 0 Å². The van der Waals surface area contributed by atoms with Crippen molar-refractivity contribution in [2.45, 2.75) is 13.5 Å². The Kier molecular flexibility index (Phi) is 6.28. The highest BCUT2D eigenvalue weighted by atomic mass is 35.5. The summed E-state index contributed by atoms with van der Waals surface area (Å²) in [5.74, 6) is 1.36. The maximum absolute atomic E-state index is 11.3. The fourth-order valence-electron chi connectivity index (χ4n) is 1.76. The van der Waals surface area contributed by atoms with Crippen molar-refractivity contribution in [2.24, 2.45) is 0 Å². The van der Waals surface area contributed by atoms with E-state index in [-0.39, 0.29) is 18.4 Å². The molecular weight excluding hydrogens is 278 g/mol. The van der Waals surface area contributed by atoms with Gasteiger partial charge in [-0.3, -0.25) is 0 Å². The molecule has 1 heterocycles. The molecule has 0 saturated heterocycles. The van der Waals surface area contributed by atoms with Crippen LogP contribution in [-0.2, 0) is 11.3 Å². The standard InChI is InChI=1S/C15H17NO3.ClH/c1-3-16-10-13-8-9-14(19-13)11-4-6-12(7-5-11)15(17)18-2;/h4-9,16H,3,10H2,1-2H3;1H. The first kappa shape index (κ1) is 16.3. The quantitative estimate of drug-likeness (QED) is 0.860. The Balaban J connectivity index is 0.00000200. The van der Waals surface area contributed by atoms with Crippen LogP contribution in [-0.4, -0.2) is 19.6 Å². The summed E-state index contributed by atoms with van der Waals surface area (Å²) >= 11 is 0. The van der Waals surface area contributed by atoms with Crippen LogP contribution in [0, 0.1) is 0 Å². The summed E-state index contributed by atoms with van der Waals surface area (Å²) in [7, 11) is 1.37. The van der Waals surface area contributed by atoms with Crippen molar-refractivity contribution in [1.29, 1.82) is 0 Å². The summed E-state index contributed by atoms with van der Waals surface area (Å²) in [6.07, 6.45) is 0. The molecule has 1 aromatic heterocycles. The van der Waals surface area contributed by atoms with E-state index in [4.69, 9.17) is 4.42 Å². The summed E-state index contributed by atoms with van der Waals surface area (Å²) in [5.41, 5.74) is 1.47. The Hall–Kier alpha value is -1.78. The number of ether oxygens (including phenoxy) is 1. The molecular formula is C15H18ClNO3. The van der Waals surface area contributed by atoms with Gasteiger partial charge in [0.1, 0.15) is 11.5 Å². The fourth-order valence-corrected chi connectivity index (χ4v) is 1.76. The lowest BCUT2D eigenvalue weighted by Crippen LogP contribution is -2.10. The first-order chi connectivity index (χ1) is 9.24. The summed E-state index contributed by atoms with van der Waals surface area (Å²) in [5, 5.41) is 3.21. The molecule has 1 aromatic carbocycles. The molecule has 0 aliphatic heterocycles. The number of esters is 1. The highest BCUT2D eigenvalue weighted by Gasteiger charge is 2.07. The number of methoxy groups -OCH3 is 1. The van der Waals surface area contributed by atoms with Crippen LogP contribution in [0.4, 0.5) is 0 Å². The van der Waals surface area contributed by atoms with E-state index in [0.29, 0.717) is 5.56 Å². The van der Waals surface area contributed by atoms with E-state index in [2.05, 4.69) is 17.0 Å². The molecule has 0 radical (unpaired) electrons. The van der Waals surface area contributed by atoms with Crippen LogP contribution in [0.3, 0.4) is 0 Å². The molecule has 2 aromatic rings. The van der Waals surface area contributed by atoms with E-state index in [1.165, 1.54) is 7.11 Å². The van der Waals surface area contributed by atoms with Gasteiger partial charge in [-0.25, -0.2) is 4.79 Å². The van der Waals surface area contributed by atoms with Crippen molar-refractivity contribution in [2.75, 3.05) is 13.7 Å². The normalized spacial score (nSPS) is 9.90. The van der Waals surface area contributed by atoms with Gasteiger partial charge in [-0.05, 0) is 30.8 Å². The lowest BCUT2D eigenvalue weighted by atomic mass is 10.1. The van der Waals surface area contributed by atoms with Crippen molar-refractivity contribution >= 4 is 18.4 Å². The summed E-state index contributed by atoms with van der Waals surface area (Å²) in [6, 6.07) is 11.0. The number of rotatable bonds is 5. The summed E-state index contributed by atoms with van der Waals surface area (Å²) in [4.78, 5) is 11.3. The number of benzene rings is 1. The van der Waals surface area contributed by atoms with Gasteiger partial charge < -0.3 is 14.5 Å². The second-order valence-electron chi connectivity index (χ2n) is 4.12. The van der Waals surface area contributed by atoms with Crippen molar-refractivity contribution < 1.29 is 13.9 Å². The average Bonchev–Trinajstić information content (AvgIpc) is 2.93. The van der Waals surface area contributed by atoms with Crippen LogP contribution in [0.1, 0.15) is 23.0 Å². The number of carbonyl (C=O) groups excluding carboxylic acids is 1. The fraction of sp³-hybridized carbons (Fsp3) is 0.267. The molecule has 5 heteroatoms. The molecule has 0 saturated carbocycles. The largest absolute Gasteiger partial charge is 0.465 e. The highest BCUT2D eigenvalue weighted by molar-refractivity contribution is 5.89. The van der Waals surface area contributed by atoms with Crippen molar-refractivity contribution in [3.63, 3.8) is 0 Å². The van der Waals surface area contributed by atoms with E-state index in [1.54, 1.807) is 12.1 Å². The molecule has 0 aliphatic rings. The van der Waals surface area contributed by atoms with E-state index >= 15 is 0 Å². The van der Waals surface area contributed by atoms with Gasteiger partial charge in [0.2, 0.25) is 0 Å². The SMILES string of the molecule is CCNCc1ccc(-c2ccc(C(=O)OC)cc2)o1.Cl. The van der Waals surface area contributed by atoms with Crippen molar-refractivity contribution in [1.82, 2.24) is 5.32 Å². The molecule has 108 valence electrons. The number of hydrogen-bond acceptors (Lipinski definition) is 4. The van der Waals surface area contributed by atoms with Gasteiger partial charge in [0, 0.05) is 5.56 Å². The molecule has 0 atom stereocenters. The van der Waals surface area contributed by atoms with E-state index < -0.39 is 0 Å². The van der Waals surface area contributed by atoms with Gasteiger partial charge in [-0.2, -0.15) is 0 Å². The Morgan fingerprint density at radius 1 is 1.20 bits per heavy atom. The first-order valence-corrected chi connectivity index (χ1v) is 6.22. The average molecular weight is 296 g/mol. The molecule has 1 N–H and O–H groups in total. The van der Waals surface area contributed by atoms with Crippen molar-refractivity contribution in [3.05, 3.63) is 47.7 Å². The molecule has 2 rings (SSSR count). The zero-order valence-electron chi connectivity index (χ0n) is 11.5. The van der Waals surface area contributed by atoms with Crippen LogP contribution in [0.15, 0.2) is 40.8 Å². The maximum Gasteiger partial charge on any atom is 0.337 e. The van der Waals surface area contributed by atoms with E-state index in [1.807, 2.05) is 24.3 Å². The van der Waals surface area contributed by atoms with E-state index in [0.717, 1.165) is 30.2 Å². The molecule has 0 unspecified atom stereocenters. The predicted molar refractivity (Wildman–Crippen MR) is 80.1 cm³/mol. The second-order valence-corrected chi connectivity index (χ2v) is 4.12. The van der Waals surface area contributed by atoms with Crippen LogP contribution in [0.5, 0.6) is 0 Å². The lowest BCUT2D eigenvalue weighted by molar-refractivity contribution is 0.0601. The Bertz CT molecular complexity index is 549. The van der Waals surface area contributed by atoms with Crippen molar-refractivity contribution in [3.8, 4) is 11.3 Å². The van der Waals surface area contributed by atoms with E-state index in [9.17, 15) is 4.79 Å². The molecule has 0 bridgehead atoms. The summed E-state index contributed by atoms with van der Waals surface area (Å²) < 4.78 is 10.4. The van der Waals surface area contributed by atoms with Gasteiger partial charge in [0.15, 0.2) is 0 Å². The minimum absolute atomic E-state index is 0. The molecule has 0 amide bonds.